The van der Waals surface area contributed by atoms with E-state index < -0.39 is 0 Å². The monoisotopic (exact) mass is 98.1 g/mol. The summed E-state index contributed by atoms with van der Waals surface area (Å²) in [6, 6.07) is 0. The Morgan fingerprint density at radius 1 is 1.33 bits per heavy atom. The topological polar surface area (TPSA) is 0 Å². The fourth-order valence-corrected chi connectivity index (χ4v) is 0.683. The Balaban J connectivity index is 2.34. The van der Waals surface area contributed by atoms with E-state index in [0.29, 0.717) is 0 Å². The van der Waals surface area contributed by atoms with Gasteiger partial charge in [-0.25, -0.2) is 0 Å². The zero-order chi connectivity index (χ0) is 4.83. The molecule has 0 aliphatic heterocycles. The Hall–Kier alpha value is 0.532. The molecule has 0 aromatic heterocycles. The molecule has 0 saturated heterocycles. The van der Waals surface area contributed by atoms with Crippen molar-refractivity contribution < 1.29 is 0 Å². The summed E-state index contributed by atoms with van der Waals surface area (Å²) in [7, 11) is 0. The van der Waals surface area contributed by atoms with Gasteiger partial charge in [-0.2, -0.15) is 0 Å². The van der Waals surface area contributed by atoms with Crippen molar-refractivity contribution in [2.75, 3.05) is 0 Å². The van der Waals surface area contributed by atoms with Crippen LogP contribution in [0.1, 0.15) is 26.2 Å². The van der Waals surface area contributed by atoms with E-state index in [9.17, 15) is 0 Å². The van der Waals surface area contributed by atoms with E-state index in [0.717, 1.165) is 0 Å². The molecule has 0 atom stereocenters. The van der Waals surface area contributed by atoms with Gasteiger partial charge in [-0.1, -0.05) is 0 Å². The van der Waals surface area contributed by atoms with Gasteiger partial charge in [0.2, 0.25) is 0 Å². The van der Waals surface area contributed by atoms with Crippen molar-refractivity contribution in [3.05, 3.63) is 0 Å². The third-order valence-electron chi connectivity index (χ3n) is 0.808. The second kappa shape index (κ2) is 5.53. The summed E-state index contributed by atoms with van der Waals surface area (Å²) in [5.74, 6) is 0. The van der Waals surface area contributed by atoms with E-state index >= 15 is 0 Å². The summed E-state index contributed by atoms with van der Waals surface area (Å²) in [4.78, 5) is 0. The van der Waals surface area contributed by atoms with E-state index in [4.69, 9.17) is 0 Å². The molecule has 0 nitrogen and oxygen atoms in total. The molecule has 0 rings (SSSR count). The molecule has 0 heterocycles. The fourth-order valence-electron chi connectivity index (χ4n) is 0.394. The molecule has 0 aliphatic rings. The molecule has 0 fully saturated rings. The molecule has 1 heteroatoms. The third-order valence-corrected chi connectivity index (χ3v) is 1.22. The molecule has 0 aromatic rings. The first kappa shape index (κ1) is 6.53. The molecule has 0 bridgehead atoms. The maximum absolute atomic E-state index is 2.73. The average molecular weight is 98.1 g/mol. The molecule has 0 N–H and O–H groups in total. The minimum atomic E-state index is 1.27. The van der Waals surface area contributed by atoms with Gasteiger partial charge >= 0.3 is 47.8 Å². The molecular formula is C5H11Al+2. The van der Waals surface area contributed by atoms with E-state index in [-0.39, 0.29) is 0 Å². The molecule has 6 heavy (non-hydrogen) atoms. The quantitative estimate of drug-likeness (QED) is 0.372. The van der Waals surface area contributed by atoms with Crippen LogP contribution in [-0.2, 0) is 0 Å². The van der Waals surface area contributed by atoms with Crippen LogP contribution >= 0.6 is 0 Å². The average Bonchev–Trinajstić information content (AvgIpc) is 1.61. The van der Waals surface area contributed by atoms with Crippen LogP contribution in [0.5, 0.6) is 0 Å². The Morgan fingerprint density at radius 2 is 2.00 bits per heavy atom. The minimum absolute atomic E-state index is 1.27. The summed E-state index contributed by atoms with van der Waals surface area (Å²) in [5.41, 5.74) is 0. The van der Waals surface area contributed by atoms with Crippen LogP contribution in [0.15, 0.2) is 0 Å². The van der Waals surface area contributed by atoms with Crippen molar-refractivity contribution in [1.82, 2.24) is 0 Å². The van der Waals surface area contributed by atoms with Gasteiger partial charge in [0.15, 0.2) is 0 Å². The molecule has 0 saturated carbocycles. The molecule has 32 valence electrons. The van der Waals surface area contributed by atoms with Crippen molar-refractivity contribution in [2.24, 2.45) is 0 Å². The van der Waals surface area contributed by atoms with Crippen LogP contribution in [0.4, 0.5) is 0 Å². The molecule has 0 spiro atoms. The van der Waals surface area contributed by atoms with Gasteiger partial charge in [0.05, 0.1) is 0 Å². The van der Waals surface area contributed by atoms with Crippen LogP contribution in [0.3, 0.4) is 0 Å². The van der Waals surface area contributed by atoms with Gasteiger partial charge in [-0.05, 0) is 0 Å². The first-order chi connectivity index (χ1) is 2.91. The van der Waals surface area contributed by atoms with Gasteiger partial charge < -0.3 is 0 Å². The first-order valence-electron chi connectivity index (χ1n) is 2.62. The second-order valence-corrected chi connectivity index (χ2v) is 2.07. The zero-order valence-electron chi connectivity index (χ0n) is 4.41. The van der Waals surface area contributed by atoms with Crippen molar-refractivity contribution >= 4 is 16.3 Å². The van der Waals surface area contributed by atoms with Crippen molar-refractivity contribution in [3.63, 3.8) is 0 Å². The maximum atomic E-state index is 2.73. The van der Waals surface area contributed by atoms with Crippen LogP contribution in [0, 0.1) is 0 Å². The summed E-state index contributed by atoms with van der Waals surface area (Å²) < 4.78 is 0. The van der Waals surface area contributed by atoms with Crippen LogP contribution in [0.25, 0.3) is 0 Å². The Kier molecular flexibility index (Phi) is 6.02. The molecule has 0 radical (unpaired) electrons. The standard InChI is InChI=1S/C5H11.Al/c1-3-5-4-2;/h1,3-5H2,2H3;/q;+2. The number of rotatable bonds is 3. The van der Waals surface area contributed by atoms with Crippen molar-refractivity contribution in [2.45, 2.75) is 31.5 Å². The van der Waals surface area contributed by atoms with Gasteiger partial charge in [0, 0.05) is 0 Å². The molecule has 0 aromatic carbocycles. The van der Waals surface area contributed by atoms with Crippen LogP contribution in [0.2, 0.25) is 5.28 Å². The predicted octanol–water partition coefficient (Wildman–Crippen LogP) is 1.76. The van der Waals surface area contributed by atoms with Gasteiger partial charge in [-0.3, -0.25) is 0 Å². The molecule has 0 unspecified atom stereocenters. The van der Waals surface area contributed by atoms with E-state index in [1.54, 1.807) is 0 Å². The number of unbranched alkanes of at least 4 members (excludes halogenated alkanes) is 2. The Bertz CT molecular complexity index is 15.9. The second-order valence-electron chi connectivity index (χ2n) is 1.50. The molecule has 0 amide bonds. The van der Waals surface area contributed by atoms with Crippen LogP contribution < -0.4 is 0 Å². The molecule has 0 aliphatic carbocycles. The SMILES string of the molecule is CCCC[CH2][Al+2]. The number of hydrogen-bond acceptors (Lipinski definition) is 0. The van der Waals surface area contributed by atoms with Gasteiger partial charge in [0.1, 0.15) is 0 Å². The van der Waals surface area contributed by atoms with Crippen molar-refractivity contribution in [1.29, 1.82) is 0 Å². The summed E-state index contributed by atoms with van der Waals surface area (Å²) in [6.45, 7) is 2.22. The predicted molar refractivity (Wildman–Crippen MR) is 30.1 cm³/mol. The number of hydrogen-bond donors (Lipinski definition) is 0. The van der Waals surface area contributed by atoms with E-state index in [1.165, 1.54) is 24.5 Å². The Labute approximate surface area is 48.4 Å². The Morgan fingerprint density at radius 3 is 2.17 bits per heavy atom. The summed E-state index contributed by atoms with van der Waals surface area (Å²) in [5, 5.41) is 1.27. The molecular weight excluding hydrogens is 87.0 g/mol. The zero-order valence-corrected chi connectivity index (χ0v) is 5.56. The van der Waals surface area contributed by atoms with Crippen molar-refractivity contribution in [3.8, 4) is 0 Å². The summed E-state index contributed by atoms with van der Waals surface area (Å²) in [6.07, 6.45) is 4.11. The first-order valence-corrected chi connectivity index (χ1v) is 3.43. The van der Waals surface area contributed by atoms with E-state index in [1.807, 2.05) is 0 Å². The third kappa shape index (κ3) is 4.53. The van der Waals surface area contributed by atoms with Crippen LogP contribution in [-0.4, -0.2) is 16.3 Å². The summed E-state index contributed by atoms with van der Waals surface area (Å²) >= 11 is 2.73. The van der Waals surface area contributed by atoms with E-state index in [2.05, 4.69) is 23.2 Å². The van der Waals surface area contributed by atoms with Gasteiger partial charge in [0.25, 0.3) is 0 Å². The van der Waals surface area contributed by atoms with Gasteiger partial charge in [-0.15, -0.1) is 0 Å². The fraction of sp³-hybridized carbons (Fsp3) is 1.00. The normalized spacial score (nSPS) is 9.17.